The highest BCUT2D eigenvalue weighted by molar-refractivity contribution is 6.11. The highest BCUT2D eigenvalue weighted by Gasteiger charge is 2.40. The van der Waals surface area contributed by atoms with Crippen LogP contribution in [0.5, 0.6) is 11.5 Å². The lowest BCUT2D eigenvalue weighted by molar-refractivity contribution is -0.123. The molecule has 0 saturated heterocycles. The standard InChI is InChI=1S/C23H22N2O5/c1-29-19-11-10-14(13-20(19)30-2)21-17-8-3-4-9-18(17)22(26)25(24-21)16-7-5-6-15(12-16)23(27)28/h3-7,10-13,17-18H,8-9H2,1-2H3,(H,27,28). The number of ether oxygens (including phenoxy) is 2. The second-order valence-corrected chi connectivity index (χ2v) is 7.22. The number of carbonyl (C=O) groups excluding carboxylic acids is 1. The highest BCUT2D eigenvalue weighted by atomic mass is 16.5. The van der Waals surface area contributed by atoms with Crippen molar-refractivity contribution in [2.24, 2.45) is 16.9 Å². The van der Waals surface area contributed by atoms with Gasteiger partial charge >= 0.3 is 5.97 Å². The zero-order valence-electron chi connectivity index (χ0n) is 16.7. The molecule has 2 aliphatic rings. The molecule has 1 heterocycles. The predicted molar refractivity (Wildman–Crippen MR) is 112 cm³/mol. The third kappa shape index (κ3) is 3.43. The minimum Gasteiger partial charge on any atom is -0.493 e. The lowest BCUT2D eigenvalue weighted by Crippen LogP contribution is -2.45. The first kappa shape index (κ1) is 19.7. The molecule has 0 fully saturated rings. The van der Waals surface area contributed by atoms with E-state index in [0.29, 0.717) is 30.0 Å². The fourth-order valence-corrected chi connectivity index (χ4v) is 4.00. The first-order chi connectivity index (χ1) is 14.5. The van der Waals surface area contributed by atoms with Gasteiger partial charge in [-0.2, -0.15) is 5.10 Å². The van der Waals surface area contributed by atoms with E-state index >= 15 is 0 Å². The summed E-state index contributed by atoms with van der Waals surface area (Å²) >= 11 is 0. The van der Waals surface area contributed by atoms with E-state index in [4.69, 9.17) is 14.6 Å². The van der Waals surface area contributed by atoms with Crippen LogP contribution in [0.2, 0.25) is 0 Å². The summed E-state index contributed by atoms with van der Waals surface area (Å²) < 4.78 is 10.8. The van der Waals surface area contributed by atoms with Gasteiger partial charge in [0.1, 0.15) is 0 Å². The number of fused-ring (bicyclic) bond motifs is 1. The molecule has 1 amide bonds. The first-order valence-corrected chi connectivity index (χ1v) is 9.66. The van der Waals surface area contributed by atoms with Crippen molar-refractivity contribution in [2.75, 3.05) is 19.2 Å². The average molecular weight is 406 g/mol. The van der Waals surface area contributed by atoms with Gasteiger partial charge < -0.3 is 14.6 Å². The minimum atomic E-state index is -1.05. The van der Waals surface area contributed by atoms with Gasteiger partial charge in [0.05, 0.1) is 37.1 Å². The van der Waals surface area contributed by atoms with Gasteiger partial charge in [0, 0.05) is 11.5 Å². The number of benzene rings is 2. The van der Waals surface area contributed by atoms with Gasteiger partial charge in [-0.25, -0.2) is 9.80 Å². The summed E-state index contributed by atoms with van der Waals surface area (Å²) in [5, 5.41) is 15.4. The molecule has 2 unspecified atom stereocenters. The number of allylic oxidation sites excluding steroid dienone is 2. The Hall–Kier alpha value is -3.61. The van der Waals surface area contributed by atoms with E-state index in [9.17, 15) is 14.7 Å². The molecule has 0 aromatic heterocycles. The molecule has 7 heteroatoms. The van der Waals surface area contributed by atoms with Crippen LogP contribution in [0, 0.1) is 11.8 Å². The second-order valence-electron chi connectivity index (χ2n) is 7.22. The van der Waals surface area contributed by atoms with E-state index < -0.39 is 5.97 Å². The highest BCUT2D eigenvalue weighted by Crippen LogP contribution is 2.38. The van der Waals surface area contributed by atoms with Crippen LogP contribution in [-0.4, -0.2) is 36.9 Å². The zero-order valence-corrected chi connectivity index (χ0v) is 16.7. The lowest BCUT2D eigenvalue weighted by Gasteiger charge is -2.37. The number of rotatable bonds is 5. The Kier molecular flexibility index (Phi) is 5.27. The summed E-state index contributed by atoms with van der Waals surface area (Å²) in [6.45, 7) is 0. The van der Waals surface area contributed by atoms with Gasteiger partial charge in [-0.05, 0) is 49.2 Å². The third-order valence-corrected chi connectivity index (χ3v) is 5.53. The Bertz CT molecular complexity index is 1060. The fraction of sp³-hybridized carbons (Fsp3) is 0.261. The van der Waals surface area contributed by atoms with E-state index in [-0.39, 0.29) is 23.3 Å². The number of anilines is 1. The van der Waals surface area contributed by atoms with Crippen molar-refractivity contribution in [3.05, 3.63) is 65.7 Å². The Labute approximate surface area is 174 Å². The number of methoxy groups -OCH3 is 2. The number of carbonyl (C=O) groups is 2. The summed E-state index contributed by atoms with van der Waals surface area (Å²) in [5.74, 6) is -0.305. The molecular formula is C23H22N2O5. The van der Waals surface area contributed by atoms with E-state index in [1.54, 1.807) is 26.4 Å². The fourth-order valence-electron chi connectivity index (χ4n) is 4.00. The van der Waals surface area contributed by atoms with Gasteiger partial charge in [-0.15, -0.1) is 0 Å². The molecule has 0 saturated carbocycles. The number of carboxylic acids is 1. The molecule has 2 aromatic rings. The normalized spacial score (nSPS) is 20.4. The third-order valence-electron chi connectivity index (χ3n) is 5.53. The predicted octanol–water partition coefficient (Wildman–Crippen LogP) is 3.74. The SMILES string of the molecule is COc1ccc(C2=NN(c3cccc(C(=O)O)c3)C(=O)C3CC=CCC23)cc1OC. The van der Waals surface area contributed by atoms with Crippen molar-refractivity contribution in [3.8, 4) is 11.5 Å². The summed E-state index contributed by atoms with van der Waals surface area (Å²) in [7, 11) is 3.15. The molecule has 7 nitrogen and oxygen atoms in total. The van der Waals surface area contributed by atoms with Crippen LogP contribution in [0.1, 0.15) is 28.8 Å². The van der Waals surface area contributed by atoms with Crippen LogP contribution in [-0.2, 0) is 4.79 Å². The van der Waals surface area contributed by atoms with E-state index in [1.165, 1.54) is 17.1 Å². The molecular weight excluding hydrogens is 384 g/mol. The molecule has 1 aliphatic heterocycles. The summed E-state index contributed by atoms with van der Waals surface area (Å²) in [6, 6.07) is 11.8. The molecule has 2 atom stereocenters. The van der Waals surface area contributed by atoms with Crippen LogP contribution in [0.15, 0.2) is 59.7 Å². The molecule has 0 spiro atoms. The number of hydrogen-bond donors (Lipinski definition) is 1. The van der Waals surface area contributed by atoms with Crippen molar-refractivity contribution >= 4 is 23.3 Å². The molecule has 4 rings (SSSR count). The molecule has 0 bridgehead atoms. The van der Waals surface area contributed by atoms with Gasteiger partial charge in [0.2, 0.25) is 0 Å². The average Bonchev–Trinajstić information content (AvgIpc) is 2.79. The quantitative estimate of drug-likeness (QED) is 0.765. The molecule has 30 heavy (non-hydrogen) atoms. The second kappa shape index (κ2) is 8.02. The number of hydrogen-bond acceptors (Lipinski definition) is 5. The largest absolute Gasteiger partial charge is 0.493 e. The van der Waals surface area contributed by atoms with Gasteiger partial charge in [-0.1, -0.05) is 18.2 Å². The maximum absolute atomic E-state index is 13.2. The lowest BCUT2D eigenvalue weighted by atomic mass is 9.76. The van der Waals surface area contributed by atoms with Crippen LogP contribution >= 0.6 is 0 Å². The minimum absolute atomic E-state index is 0.0560. The molecule has 1 aliphatic carbocycles. The van der Waals surface area contributed by atoms with E-state index in [1.807, 2.05) is 24.3 Å². The van der Waals surface area contributed by atoms with Crippen molar-refractivity contribution < 1.29 is 24.2 Å². The number of aromatic carboxylic acids is 1. The molecule has 154 valence electrons. The first-order valence-electron chi connectivity index (χ1n) is 9.66. The van der Waals surface area contributed by atoms with Crippen LogP contribution < -0.4 is 14.5 Å². The Morgan fingerprint density at radius 1 is 1.03 bits per heavy atom. The maximum atomic E-state index is 13.2. The number of carboxylic acid groups (broad SMARTS) is 1. The monoisotopic (exact) mass is 406 g/mol. The molecule has 0 radical (unpaired) electrons. The Morgan fingerprint density at radius 2 is 1.77 bits per heavy atom. The van der Waals surface area contributed by atoms with Crippen molar-refractivity contribution in [1.29, 1.82) is 0 Å². The Balaban J connectivity index is 1.83. The smallest absolute Gasteiger partial charge is 0.335 e. The Morgan fingerprint density at radius 3 is 2.47 bits per heavy atom. The topological polar surface area (TPSA) is 88.4 Å². The van der Waals surface area contributed by atoms with Gasteiger partial charge in [0.25, 0.3) is 5.91 Å². The molecule has 1 N–H and O–H groups in total. The van der Waals surface area contributed by atoms with Crippen LogP contribution in [0.25, 0.3) is 0 Å². The number of nitrogens with zero attached hydrogens (tertiary/aromatic N) is 2. The molecule has 2 aromatic carbocycles. The summed E-state index contributed by atoms with van der Waals surface area (Å²) in [5.41, 5.74) is 2.15. The van der Waals surface area contributed by atoms with Crippen LogP contribution in [0.3, 0.4) is 0 Å². The van der Waals surface area contributed by atoms with Crippen molar-refractivity contribution in [2.45, 2.75) is 12.8 Å². The van der Waals surface area contributed by atoms with Crippen LogP contribution in [0.4, 0.5) is 5.69 Å². The van der Waals surface area contributed by atoms with Crippen molar-refractivity contribution in [3.63, 3.8) is 0 Å². The number of hydrazone groups is 1. The maximum Gasteiger partial charge on any atom is 0.335 e. The van der Waals surface area contributed by atoms with Gasteiger partial charge in [0.15, 0.2) is 11.5 Å². The summed E-state index contributed by atoms with van der Waals surface area (Å²) in [6.07, 6.45) is 5.42. The van der Waals surface area contributed by atoms with E-state index in [0.717, 1.165) is 11.3 Å². The summed E-state index contributed by atoms with van der Waals surface area (Å²) in [4.78, 5) is 24.6. The van der Waals surface area contributed by atoms with Crippen molar-refractivity contribution in [1.82, 2.24) is 0 Å². The zero-order chi connectivity index (χ0) is 21.3. The number of amides is 1. The van der Waals surface area contributed by atoms with E-state index in [2.05, 4.69) is 6.08 Å². The van der Waals surface area contributed by atoms with Gasteiger partial charge in [-0.3, -0.25) is 4.79 Å².